The summed E-state index contributed by atoms with van der Waals surface area (Å²) >= 11 is 1.27. The van der Waals surface area contributed by atoms with Crippen LogP contribution in [0.15, 0.2) is 44.9 Å². The smallest absolute Gasteiger partial charge is 0.388 e. The first kappa shape index (κ1) is 13.6. The average molecular weight is 312 g/mol. The van der Waals surface area contributed by atoms with Gasteiger partial charge in [0.05, 0.1) is 10.9 Å². The molecule has 0 spiro atoms. The van der Waals surface area contributed by atoms with E-state index in [-0.39, 0.29) is 6.01 Å². The van der Waals surface area contributed by atoms with Crippen LogP contribution in [0.5, 0.6) is 0 Å². The van der Waals surface area contributed by atoms with Crippen LogP contribution in [0, 0.1) is 0 Å². The van der Waals surface area contributed by atoms with Gasteiger partial charge in [-0.25, -0.2) is 4.79 Å². The predicted octanol–water partition coefficient (Wildman–Crippen LogP) is 4.01. The van der Waals surface area contributed by atoms with Gasteiger partial charge in [0.15, 0.2) is 0 Å². The second-order valence-corrected chi connectivity index (χ2v) is 5.04. The fourth-order valence-corrected chi connectivity index (χ4v) is 2.47. The minimum absolute atomic E-state index is 0.0605. The Morgan fingerprint density at radius 1 is 1.14 bits per heavy atom. The Hall–Kier alpha value is -2.35. The Morgan fingerprint density at radius 3 is 2.52 bits per heavy atom. The number of halogens is 3. The third kappa shape index (κ3) is 2.75. The first-order valence-electron chi connectivity index (χ1n) is 5.76. The van der Waals surface area contributed by atoms with Crippen LogP contribution >= 0.6 is 11.3 Å². The molecule has 0 bridgehead atoms. The number of nitrogens with zero attached hydrogens (tertiary/aromatic N) is 1. The number of fused-ring (bicyclic) bond motifs is 1. The predicted molar refractivity (Wildman–Crippen MR) is 72.9 cm³/mol. The lowest BCUT2D eigenvalue weighted by atomic mass is 10.2. The molecular formula is C13H7F3N2O2S. The molecule has 0 radical (unpaired) electrons. The summed E-state index contributed by atoms with van der Waals surface area (Å²) in [7, 11) is 0. The second kappa shape index (κ2) is 4.88. The second-order valence-electron chi connectivity index (χ2n) is 4.15. The largest absolute Gasteiger partial charge is 0.416 e. The molecule has 0 aliphatic carbocycles. The number of anilines is 2. The zero-order chi connectivity index (χ0) is 15.0. The molecule has 0 saturated carbocycles. The molecule has 8 heteroatoms. The monoisotopic (exact) mass is 312 g/mol. The number of nitrogens with one attached hydrogen (secondary N) is 1. The fourth-order valence-electron chi connectivity index (χ4n) is 1.72. The van der Waals surface area contributed by atoms with Crippen LogP contribution in [0.4, 0.5) is 24.9 Å². The number of hydrogen-bond acceptors (Lipinski definition) is 5. The number of hydrogen-bond donors (Lipinski definition) is 1. The molecule has 0 fully saturated rings. The first-order chi connectivity index (χ1) is 9.93. The summed E-state index contributed by atoms with van der Waals surface area (Å²) < 4.78 is 42.3. The van der Waals surface area contributed by atoms with Gasteiger partial charge < -0.3 is 9.73 Å². The molecule has 3 aromatic rings. The first-order valence-corrected chi connectivity index (χ1v) is 6.64. The maximum atomic E-state index is 12.4. The molecular weight excluding hydrogens is 305 g/mol. The topological polar surface area (TPSA) is 55.1 Å². The highest BCUT2D eigenvalue weighted by Crippen LogP contribution is 2.30. The van der Waals surface area contributed by atoms with Gasteiger partial charge in [0.1, 0.15) is 4.83 Å². The summed E-state index contributed by atoms with van der Waals surface area (Å²) in [5.74, 6) is 0. The normalized spacial score (nSPS) is 11.8. The third-order valence-electron chi connectivity index (χ3n) is 2.72. The third-order valence-corrected chi connectivity index (χ3v) is 3.53. The lowest BCUT2D eigenvalue weighted by Crippen LogP contribution is -2.05. The zero-order valence-electron chi connectivity index (χ0n) is 10.3. The van der Waals surface area contributed by atoms with Gasteiger partial charge in [0.25, 0.3) is 0 Å². The van der Waals surface area contributed by atoms with E-state index in [1.165, 1.54) is 23.5 Å². The molecule has 1 N–H and O–H groups in total. The van der Waals surface area contributed by atoms with E-state index >= 15 is 0 Å². The van der Waals surface area contributed by atoms with Gasteiger partial charge in [0.2, 0.25) is 0 Å². The molecule has 4 nitrogen and oxygen atoms in total. The van der Waals surface area contributed by atoms with Gasteiger partial charge in [-0.1, -0.05) is 0 Å². The van der Waals surface area contributed by atoms with Crippen molar-refractivity contribution in [2.75, 3.05) is 5.32 Å². The van der Waals surface area contributed by atoms with Crippen LogP contribution in [0.25, 0.3) is 10.2 Å². The Kier molecular flexibility index (Phi) is 3.17. The molecule has 0 atom stereocenters. The number of benzene rings is 1. The van der Waals surface area contributed by atoms with E-state index in [1.807, 2.05) is 0 Å². The molecule has 0 amide bonds. The van der Waals surface area contributed by atoms with E-state index in [0.29, 0.717) is 15.9 Å². The van der Waals surface area contributed by atoms with Crippen molar-refractivity contribution in [2.24, 2.45) is 0 Å². The van der Waals surface area contributed by atoms with E-state index in [2.05, 4.69) is 10.3 Å². The van der Waals surface area contributed by atoms with Crippen LogP contribution < -0.4 is 10.9 Å². The van der Waals surface area contributed by atoms with Crippen molar-refractivity contribution in [3.05, 3.63) is 51.7 Å². The molecule has 2 aromatic heterocycles. The van der Waals surface area contributed by atoms with Gasteiger partial charge in [-0.3, -0.25) is 0 Å². The molecule has 0 saturated heterocycles. The number of alkyl halides is 3. The zero-order valence-corrected chi connectivity index (χ0v) is 11.1. The van der Waals surface area contributed by atoms with E-state index in [1.54, 1.807) is 11.4 Å². The lowest BCUT2D eigenvalue weighted by Gasteiger charge is -2.08. The van der Waals surface area contributed by atoms with Crippen molar-refractivity contribution in [3.63, 3.8) is 0 Å². The van der Waals surface area contributed by atoms with Crippen LogP contribution in [0.3, 0.4) is 0 Å². The van der Waals surface area contributed by atoms with Crippen LogP contribution in [0.1, 0.15) is 5.56 Å². The Balaban J connectivity index is 1.90. The highest BCUT2D eigenvalue weighted by molar-refractivity contribution is 7.16. The maximum Gasteiger partial charge on any atom is 0.416 e. The van der Waals surface area contributed by atoms with Crippen LogP contribution in [-0.2, 0) is 6.18 Å². The number of aromatic nitrogens is 1. The van der Waals surface area contributed by atoms with Crippen molar-refractivity contribution in [1.29, 1.82) is 0 Å². The van der Waals surface area contributed by atoms with E-state index in [9.17, 15) is 18.0 Å². The molecule has 108 valence electrons. The van der Waals surface area contributed by atoms with Crippen LogP contribution in [-0.4, -0.2) is 4.98 Å². The quantitative estimate of drug-likeness (QED) is 0.777. The highest BCUT2D eigenvalue weighted by atomic mass is 32.1. The Labute approximate surface area is 119 Å². The number of thiophene rings is 1. The van der Waals surface area contributed by atoms with Gasteiger partial charge in [-0.15, -0.1) is 11.3 Å². The SMILES string of the molecule is O=c1oc(Nc2ccc(C(F)(F)F)cc2)nc2sccc12. The van der Waals surface area contributed by atoms with Crippen molar-refractivity contribution in [3.8, 4) is 0 Å². The summed E-state index contributed by atoms with van der Waals surface area (Å²) in [5, 5.41) is 4.74. The molecule has 0 unspecified atom stereocenters. The standard InChI is InChI=1S/C13H7F3N2O2S/c14-13(15,16)7-1-3-8(4-2-7)17-12-18-10-9(5-6-21-10)11(19)20-12/h1-6H,(H,17,18). The van der Waals surface area contributed by atoms with Gasteiger partial charge in [0, 0.05) is 5.69 Å². The molecule has 3 rings (SSSR count). The minimum atomic E-state index is -4.39. The van der Waals surface area contributed by atoms with Crippen molar-refractivity contribution in [1.82, 2.24) is 4.98 Å². The van der Waals surface area contributed by atoms with Crippen molar-refractivity contribution < 1.29 is 17.6 Å². The molecule has 0 aliphatic heterocycles. The highest BCUT2D eigenvalue weighted by Gasteiger charge is 2.29. The Morgan fingerprint density at radius 2 is 1.86 bits per heavy atom. The average Bonchev–Trinajstić information content (AvgIpc) is 2.87. The van der Waals surface area contributed by atoms with Crippen molar-refractivity contribution in [2.45, 2.75) is 6.18 Å². The summed E-state index contributed by atoms with van der Waals surface area (Å²) in [6.45, 7) is 0. The van der Waals surface area contributed by atoms with Gasteiger partial charge in [-0.2, -0.15) is 18.2 Å². The van der Waals surface area contributed by atoms with E-state index in [4.69, 9.17) is 4.42 Å². The van der Waals surface area contributed by atoms with Crippen molar-refractivity contribution >= 4 is 33.3 Å². The molecule has 2 heterocycles. The number of rotatable bonds is 2. The van der Waals surface area contributed by atoms with Crippen LogP contribution in [0.2, 0.25) is 0 Å². The molecule has 0 aliphatic rings. The van der Waals surface area contributed by atoms with E-state index < -0.39 is 17.4 Å². The van der Waals surface area contributed by atoms with E-state index in [0.717, 1.165) is 12.1 Å². The summed E-state index contributed by atoms with van der Waals surface area (Å²) in [5.41, 5.74) is -0.957. The fraction of sp³-hybridized carbons (Fsp3) is 0.0769. The summed E-state index contributed by atoms with van der Waals surface area (Å²) in [6, 6.07) is 5.89. The van der Waals surface area contributed by atoms with Gasteiger partial charge in [-0.05, 0) is 35.7 Å². The Bertz CT molecular complexity index is 837. The maximum absolute atomic E-state index is 12.4. The summed E-state index contributed by atoms with van der Waals surface area (Å²) in [6.07, 6.45) is -4.39. The summed E-state index contributed by atoms with van der Waals surface area (Å²) in [4.78, 5) is 16.2. The minimum Gasteiger partial charge on any atom is -0.388 e. The van der Waals surface area contributed by atoms with Gasteiger partial charge >= 0.3 is 17.8 Å². The lowest BCUT2D eigenvalue weighted by molar-refractivity contribution is -0.137. The molecule has 21 heavy (non-hydrogen) atoms. The molecule has 1 aromatic carbocycles.